The van der Waals surface area contributed by atoms with Gasteiger partial charge in [-0.25, -0.2) is 0 Å². The molecule has 1 unspecified atom stereocenters. The van der Waals surface area contributed by atoms with E-state index in [2.05, 4.69) is 15.5 Å². The lowest BCUT2D eigenvalue weighted by Crippen LogP contribution is -2.43. The van der Waals surface area contributed by atoms with Crippen LogP contribution in [0.2, 0.25) is 0 Å². The summed E-state index contributed by atoms with van der Waals surface area (Å²) in [5.74, 6) is 0.862. The summed E-state index contributed by atoms with van der Waals surface area (Å²) in [5.41, 5.74) is 0. The zero-order chi connectivity index (χ0) is 13.8. The third-order valence-corrected chi connectivity index (χ3v) is 4.69. The van der Waals surface area contributed by atoms with Gasteiger partial charge in [-0.3, -0.25) is 4.79 Å². The lowest BCUT2D eigenvalue weighted by atomic mass is 10.1. The second kappa shape index (κ2) is 6.87. The molecular weight excluding hydrogens is 254 g/mol. The third-order valence-electron chi connectivity index (χ3n) is 4.69. The summed E-state index contributed by atoms with van der Waals surface area (Å²) in [7, 11) is 0. The van der Waals surface area contributed by atoms with E-state index in [4.69, 9.17) is 4.74 Å². The van der Waals surface area contributed by atoms with Gasteiger partial charge in [-0.2, -0.15) is 0 Å². The molecule has 1 atom stereocenters. The molecule has 5 heteroatoms. The summed E-state index contributed by atoms with van der Waals surface area (Å²) in [6.45, 7) is 5.46. The first-order valence-electron chi connectivity index (χ1n) is 8.13. The number of hydrogen-bond acceptors (Lipinski definition) is 4. The highest BCUT2D eigenvalue weighted by molar-refractivity contribution is 5.78. The predicted octanol–water partition coefficient (Wildman–Crippen LogP) is 0.356. The average molecular weight is 281 g/mol. The summed E-state index contributed by atoms with van der Waals surface area (Å²) < 4.78 is 5.29. The molecule has 0 aromatic rings. The fraction of sp³-hybridized carbons (Fsp3) is 0.933. The van der Waals surface area contributed by atoms with Gasteiger partial charge in [0.1, 0.15) is 0 Å². The van der Waals surface area contributed by atoms with Crippen molar-refractivity contribution in [2.24, 2.45) is 5.92 Å². The molecular formula is C15H27N3O2. The Hall–Kier alpha value is -0.650. The smallest absolute Gasteiger partial charge is 0.234 e. The number of nitrogens with one attached hydrogen (secondary N) is 2. The summed E-state index contributed by atoms with van der Waals surface area (Å²) in [6.07, 6.45) is 5.97. The van der Waals surface area contributed by atoms with Crippen molar-refractivity contribution < 1.29 is 9.53 Å². The van der Waals surface area contributed by atoms with Gasteiger partial charge in [0, 0.05) is 31.8 Å². The number of carbonyl (C=O) groups is 1. The predicted molar refractivity (Wildman–Crippen MR) is 77.6 cm³/mol. The van der Waals surface area contributed by atoms with Gasteiger partial charge in [0.2, 0.25) is 5.91 Å². The number of carbonyl (C=O) groups excluding carboxylic acids is 1. The minimum atomic E-state index is 0.133. The van der Waals surface area contributed by atoms with Gasteiger partial charge >= 0.3 is 0 Å². The van der Waals surface area contributed by atoms with Crippen molar-refractivity contribution in [2.45, 2.75) is 44.2 Å². The standard InChI is InChI=1S/C15H27N3O2/c19-15(17-13-4-7-20-8-5-13)10-16-9-12-3-6-18(11-12)14-1-2-14/h12-14,16H,1-11H2,(H,17,19). The second-order valence-electron chi connectivity index (χ2n) is 6.47. The largest absolute Gasteiger partial charge is 0.381 e. The van der Waals surface area contributed by atoms with Crippen molar-refractivity contribution in [2.75, 3.05) is 39.4 Å². The molecule has 3 fully saturated rings. The molecule has 0 aromatic heterocycles. The molecule has 0 radical (unpaired) electrons. The fourth-order valence-electron chi connectivity index (χ4n) is 3.31. The van der Waals surface area contributed by atoms with Crippen LogP contribution in [0.25, 0.3) is 0 Å². The SMILES string of the molecule is O=C(CNCC1CCN(C2CC2)C1)NC1CCOCC1. The summed E-state index contributed by atoms with van der Waals surface area (Å²) in [6, 6.07) is 1.20. The van der Waals surface area contributed by atoms with Gasteiger partial charge in [-0.05, 0) is 51.1 Å². The Morgan fingerprint density at radius 2 is 1.95 bits per heavy atom. The van der Waals surface area contributed by atoms with Crippen LogP contribution in [-0.2, 0) is 9.53 Å². The lowest BCUT2D eigenvalue weighted by molar-refractivity contribution is -0.121. The monoisotopic (exact) mass is 281 g/mol. The highest BCUT2D eigenvalue weighted by Crippen LogP contribution is 2.31. The zero-order valence-electron chi connectivity index (χ0n) is 12.3. The molecule has 1 amide bonds. The van der Waals surface area contributed by atoms with E-state index in [1.54, 1.807) is 0 Å². The summed E-state index contributed by atoms with van der Waals surface area (Å²) in [5, 5.41) is 6.42. The van der Waals surface area contributed by atoms with Gasteiger partial charge in [0.05, 0.1) is 6.54 Å². The highest BCUT2D eigenvalue weighted by Gasteiger charge is 2.34. The molecule has 3 aliphatic rings. The van der Waals surface area contributed by atoms with Crippen LogP contribution in [0.1, 0.15) is 32.1 Å². The van der Waals surface area contributed by atoms with Gasteiger partial charge < -0.3 is 20.3 Å². The molecule has 0 spiro atoms. The molecule has 1 saturated carbocycles. The highest BCUT2D eigenvalue weighted by atomic mass is 16.5. The quantitative estimate of drug-likeness (QED) is 0.738. The van der Waals surface area contributed by atoms with Crippen molar-refractivity contribution in [3.63, 3.8) is 0 Å². The second-order valence-corrected chi connectivity index (χ2v) is 6.47. The van der Waals surface area contributed by atoms with E-state index < -0.39 is 0 Å². The maximum atomic E-state index is 11.8. The first-order chi connectivity index (χ1) is 9.81. The average Bonchev–Trinajstić information content (AvgIpc) is 3.20. The van der Waals surface area contributed by atoms with E-state index in [9.17, 15) is 4.79 Å². The number of nitrogens with zero attached hydrogens (tertiary/aromatic N) is 1. The van der Waals surface area contributed by atoms with E-state index >= 15 is 0 Å². The van der Waals surface area contributed by atoms with Gasteiger partial charge in [-0.15, -0.1) is 0 Å². The Morgan fingerprint density at radius 1 is 1.15 bits per heavy atom. The number of likely N-dealkylation sites (tertiary alicyclic amines) is 1. The van der Waals surface area contributed by atoms with Crippen molar-refractivity contribution in [1.82, 2.24) is 15.5 Å². The van der Waals surface area contributed by atoms with E-state index in [-0.39, 0.29) is 5.91 Å². The molecule has 5 nitrogen and oxygen atoms in total. The molecule has 2 saturated heterocycles. The topological polar surface area (TPSA) is 53.6 Å². The number of amides is 1. The molecule has 20 heavy (non-hydrogen) atoms. The van der Waals surface area contributed by atoms with Gasteiger partial charge in [0.15, 0.2) is 0 Å². The maximum Gasteiger partial charge on any atom is 0.234 e. The van der Waals surface area contributed by atoms with Crippen LogP contribution < -0.4 is 10.6 Å². The number of hydrogen-bond donors (Lipinski definition) is 2. The molecule has 114 valence electrons. The first kappa shape index (κ1) is 14.3. The van der Waals surface area contributed by atoms with Crippen LogP contribution in [0.5, 0.6) is 0 Å². The molecule has 2 N–H and O–H groups in total. The summed E-state index contributed by atoms with van der Waals surface area (Å²) >= 11 is 0. The van der Waals surface area contributed by atoms with Crippen molar-refractivity contribution >= 4 is 5.91 Å². The van der Waals surface area contributed by atoms with E-state index in [1.807, 2.05) is 0 Å². The first-order valence-corrected chi connectivity index (χ1v) is 8.13. The van der Waals surface area contributed by atoms with Crippen LogP contribution in [0.15, 0.2) is 0 Å². The summed E-state index contributed by atoms with van der Waals surface area (Å²) in [4.78, 5) is 14.5. The van der Waals surface area contributed by atoms with Crippen LogP contribution in [-0.4, -0.2) is 62.3 Å². The Morgan fingerprint density at radius 3 is 2.70 bits per heavy atom. The molecule has 2 heterocycles. The normalized spacial score (nSPS) is 28.7. The van der Waals surface area contributed by atoms with E-state index in [0.717, 1.165) is 44.6 Å². The molecule has 2 aliphatic heterocycles. The Balaban J connectivity index is 1.26. The van der Waals surface area contributed by atoms with Crippen LogP contribution in [0.3, 0.4) is 0 Å². The molecule has 0 bridgehead atoms. The van der Waals surface area contributed by atoms with Gasteiger partial charge in [0.25, 0.3) is 0 Å². The molecule has 0 aromatic carbocycles. The van der Waals surface area contributed by atoms with Gasteiger partial charge in [-0.1, -0.05) is 0 Å². The number of rotatable bonds is 6. The van der Waals surface area contributed by atoms with Crippen molar-refractivity contribution in [3.8, 4) is 0 Å². The molecule has 3 rings (SSSR count). The maximum absolute atomic E-state index is 11.8. The fourth-order valence-corrected chi connectivity index (χ4v) is 3.31. The third kappa shape index (κ3) is 4.17. The van der Waals surface area contributed by atoms with Crippen LogP contribution in [0, 0.1) is 5.92 Å². The lowest BCUT2D eigenvalue weighted by Gasteiger charge is -2.23. The van der Waals surface area contributed by atoms with Crippen molar-refractivity contribution in [3.05, 3.63) is 0 Å². The molecule has 1 aliphatic carbocycles. The van der Waals surface area contributed by atoms with Crippen LogP contribution >= 0.6 is 0 Å². The van der Waals surface area contributed by atoms with Crippen LogP contribution in [0.4, 0.5) is 0 Å². The minimum Gasteiger partial charge on any atom is -0.381 e. The Labute approximate surface area is 121 Å². The van der Waals surface area contributed by atoms with Crippen molar-refractivity contribution in [1.29, 1.82) is 0 Å². The Bertz CT molecular complexity index is 327. The Kier molecular flexibility index (Phi) is 4.91. The van der Waals surface area contributed by atoms with E-state index in [1.165, 1.54) is 32.4 Å². The number of ether oxygens (including phenoxy) is 1. The minimum absolute atomic E-state index is 0.133. The zero-order valence-corrected chi connectivity index (χ0v) is 12.3. The van der Waals surface area contributed by atoms with E-state index in [0.29, 0.717) is 12.6 Å².